The van der Waals surface area contributed by atoms with Gasteiger partial charge in [0, 0.05) is 21.3 Å². The molecule has 0 aliphatic rings. The van der Waals surface area contributed by atoms with E-state index in [-0.39, 0.29) is 0 Å². The molecule has 1 heterocycles. The lowest BCUT2D eigenvalue weighted by Crippen LogP contribution is -1.93. The summed E-state index contributed by atoms with van der Waals surface area (Å²) in [5, 5.41) is 10.2. The molecule has 4 aromatic rings. The fourth-order valence-electron chi connectivity index (χ4n) is 2.87. The number of imidazole rings is 1. The molecule has 3 nitrogen and oxygen atoms in total. The Morgan fingerprint density at radius 1 is 0.920 bits per heavy atom. The van der Waals surface area contributed by atoms with Crippen LogP contribution in [0.5, 0.6) is 0 Å². The molecule has 4 rings (SSSR count). The van der Waals surface area contributed by atoms with Gasteiger partial charge in [0.2, 0.25) is 0 Å². The highest BCUT2D eigenvalue weighted by atomic mass is 35.5. The van der Waals surface area contributed by atoms with Gasteiger partial charge in [-0.15, -0.1) is 0 Å². The molecule has 1 aromatic heterocycles. The molecule has 0 unspecified atom stereocenters. The SMILES string of the molecule is N#Cc1ccc2c(c1)ncn2-c1cccc(-c2c(Cl)cccc2Cl)c1. The van der Waals surface area contributed by atoms with E-state index in [1.165, 1.54) is 0 Å². The lowest BCUT2D eigenvalue weighted by Gasteiger charge is -2.10. The van der Waals surface area contributed by atoms with Gasteiger partial charge in [-0.3, -0.25) is 4.57 Å². The van der Waals surface area contributed by atoms with E-state index in [2.05, 4.69) is 11.1 Å². The van der Waals surface area contributed by atoms with E-state index in [0.717, 1.165) is 27.8 Å². The lowest BCUT2D eigenvalue weighted by molar-refractivity contribution is 1.09. The number of aromatic nitrogens is 2. The number of nitriles is 1. The summed E-state index contributed by atoms with van der Waals surface area (Å²) in [4.78, 5) is 4.40. The summed E-state index contributed by atoms with van der Waals surface area (Å²) in [7, 11) is 0. The van der Waals surface area contributed by atoms with Gasteiger partial charge in [0.15, 0.2) is 0 Å². The van der Waals surface area contributed by atoms with Crippen LogP contribution in [-0.4, -0.2) is 9.55 Å². The standard InChI is InChI=1S/C20H11Cl2N3/c21-16-5-2-6-17(22)20(16)14-3-1-4-15(10-14)25-12-24-18-9-13(11-23)7-8-19(18)25/h1-10,12H. The second kappa shape index (κ2) is 6.25. The van der Waals surface area contributed by atoms with Gasteiger partial charge in [0.25, 0.3) is 0 Å². The van der Waals surface area contributed by atoms with Crippen molar-refractivity contribution in [2.75, 3.05) is 0 Å². The molecular formula is C20H11Cl2N3. The first-order valence-corrected chi connectivity index (χ1v) is 8.35. The first-order chi connectivity index (χ1) is 12.2. The Hall–Kier alpha value is -2.80. The minimum atomic E-state index is 0.592. The summed E-state index contributed by atoms with van der Waals surface area (Å²) in [5.74, 6) is 0. The molecule has 0 fully saturated rings. The number of benzene rings is 3. The third kappa shape index (κ3) is 2.76. The second-order valence-corrected chi connectivity index (χ2v) is 6.39. The largest absolute Gasteiger partial charge is 0.299 e. The predicted octanol–water partition coefficient (Wildman–Crippen LogP) is 5.87. The van der Waals surface area contributed by atoms with Crippen molar-refractivity contribution in [2.24, 2.45) is 0 Å². The van der Waals surface area contributed by atoms with Crippen LogP contribution in [0.4, 0.5) is 0 Å². The van der Waals surface area contributed by atoms with Gasteiger partial charge in [-0.25, -0.2) is 4.98 Å². The van der Waals surface area contributed by atoms with Crippen molar-refractivity contribution in [1.82, 2.24) is 9.55 Å². The third-order valence-corrected chi connectivity index (χ3v) is 4.68. The van der Waals surface area contributed by atoms with Gasteiger partial charge in [-0.1, -0.05) is 41.4 Å². The maximum Gasteiger partial charge on any atom is 0.100 e. The number of nitrogens with zero attached hydrogens (tertiary/aromatic N) is 3. The van der Waals surface area contributed by atoms with Crippen molar-refractivity contribution in [3.05, 3.63) is 82.6 Å². The average Bonchev–Trinajstić information content (AvgIpc) is 3.05. The first kappa shape index (κ1) is 15.7. The highest BCUT2D eigenvalue weighted by Gasteiger charge is 2.11. The highest BCUT2D eigenvalue weighted by molar-refractivity contribution is 6.39. The van der Waals surface area contributed by atoms with Gasteiger partial charge in [-0.05, 0) is 48.0 Å². The Morgan fingerprint density at radius 2 is 1.68 bits per heavy atom. The molecule has 0 atom stereocenters. The molecule has 0 N–H and O–H groups in total. The van der Waals surface area contributed by atoms with Crippen LogP contribution in [0.1, 0.15) is 5.56 Å². The molecule has 5 heteroatoms. The zero-order valence-electron chi connectivity index (χ0n) is 12.9. The molecule has 120 valence electrons. The van der Waals surface area contributed by atoms with Crippen LogP contribution >= 0.6 is 23.2 Å². The molecule has 0 amide bonds. The van der Waals surface area contributed by atoms with E-state index in [0.29, 0.717) is 15.6 Å². The third-order valence-electron chi connectivity index (χ3n) is 4.05. The first-order valence-electron chi connectivity index (χ1n) is 7.59. The Balaban J connectivity index is 1.87. The molecule has 0 spiro atoms. The van der Waals surface area contributed by atoms with E-state index in [9.17, 15) is 0 Å². The van der Waals surface area contributed by atoms with E-state index in [4.69, 9.17) is 28.5 Å². The van der Waals surface area contributed by atoms with E-state index in [1.54, 1.807) is 18.5 Å². The zero-order chi connectivity index (χ0) is 17.4. The molecular weight excluding hydrogens is 353 g/mol. The minimum Gasteiger partial charge on any atom is -0.299 e. The Bertz CT molecular complexity index is 1120. The molecule has 0 aliphatic carbocycles. The number of hydrogen-bond acceptors (Lipinski definition) is 2. The lowest BCUT2D eigenvalue weighted by atomic mass is 10.0. The Morgan fingerprint density at radius 3 is 2.44 bits per heavy atom. The predicted molar refractivity (Wildman–Crippen MR) is 101 cm³/mol. The Kier molecular flexibility index (Phi) is 3.93. The molecule has 0 saturated heterocycles. The molecule has 0 saturated carbocycles. The van der Waals surface area contributed by atoms with Crippen LogP contribution in [0.15, 0.2) is 67.0 Å². The van der Waals surface area contributed by atoms with Crippen LogP contribution in [0.2, 0.25) is 10.0 Å². The van der Waals surface area contributed by atoms with E-state index >= 15 is 0 Å². The van der Waals surface area contributed by atoms with Crippen molar-refractivity contribution < 1.29 is 0 Å². The summed E-state index contributed by atoms with van der Waals surface area (Å²) >= 11 is 12.7. The van der Waals surface area contributed by atoms with Crippen LogP contribution in [-0.2, 0) is 0 Å². The normalized spacial score (nSPS) is 10.8. The zero-order valence-corrected chi connectivity index (χ0v) is 14.5. The summed E-state index contributed by atoms with van der Waals surface area (Å²) in [6.45, 7) is 0. The van der Waals surface area contributed by atoms with Gasteiger partial charge in [0.1, 0.15) is 6.33 Å². The Labute approximate surface area is 154 Å². The molecule has 0 radical (unpaired) electrons. The molecule has 25 heavy (non-hydrogen) atoms. The van der Waals surface area contributed by atoms with E-state index < -0.39 is 0 Å². The van der Waals surface area contributed by atoms with Crippen LogP contribution in [0.25, 0.3) is 27.8 Å². The number of fused-ring (bicyclic) bond motifs is 1. The smallest absolute Gasteiger partial charge is 0.100 e. The topological polar surface area (TPSA) is 41.6 Å². The van der Waals surface area contributed by atoms with Gasteiger partial charge < -0.3 is 0 Å². The van der Waals surface area contributed by atoms with Crippen LogP contribution in [0.3, 0.4) is 0 Å². The van der Waals surface area contributed by atoms with Gasteiger partial charge in [0.05, 0.1) is 22.7 Å². The average molecular weight is 364 g/mol. The van der Waals surface area contributed by atoms with Gasteiger partial charge >= 0.3 is 0 Å². The highest BCUT2D eigenvalue weighted by Crippen LogP contribution is 2.35. The summed E-state index contributed by atoms with van der Waals surface area (Å²) in [5.41, 5.74) is 4.99. The fraction of sp³-hybridized carbons (Fsp3) is 0. The van der Waals surface area contributed by atoms with Crippen LogP contribution in [0, 0.1) is 11.3 Å². The van der Waals surface area contributed by atoms with Crippen molar-refractivity contribution in [2.45, 2.75) is 0 Å². The quantitative estimate of drug-likeness (QED) is 0.446. The summed E-state index contributed by atoms with van der Waals surface area (Å²) < 4.78 is 1.98. The van der Waals surface area contributed by atoms with E-state index in [1.807, 2.05) is 53.1 Å². The number of halogens is 2. The minimum absolute atomic E-state index is 0.592. The van der Waals surface area contributed by atoms with Crippen LogP contribution < -0.4 is 0 Å². The number of rotatable bonds is 2. The van der Waals surface area contributed by atoms with Crippen molar-refractivity contribution in [3.8, 4) is 22.9 Å². The summed E-state index contributed by atoms with van der Waals surface area (Å²) in [6, 6.07) is 21.0. The van der Waals surface area contributed by atoms with Gasteiger partial charge in [-0.2, -0.15) is 5.26 Å². The molecule has 0 bridgehead atoms. The molecule has 0 aliphatic heterocycles. The number of hydrogen-bond donors (Lipinski definition) is 0. The molecule has 3 aromatic carbocycles. The maximum atomic E-state index is 9.03. The maximum absolute atomic E-state index is 9.03. The monoisotopic (exact) mass is 363 g/mol. The van der Waals surface area contributed by atoms with Crippen molar-refractivity contribution >= 4 is 34.2 Å². The summed E-state index contributed by atoms with van der Waals surface area (Å²) in [6.07, 6.45) is 1.75. The van der Waals surface area contributed by atoms with Crippen molar-refractivity contribution in [1.29, 1.82) is 5.26 Å². The second-order valence-electron chi connectivity index (χ2n) is 5.58. The van der Waals surface area contributed by atoms with Crippen molar-refractivity contribution in [3.63, 3.8) is 0 Å². The fourth-order valence-corrected chi connectivity index (χ4v) is 3.49.